The summed E-state index contributed by atoms with van der Waals surface area (Å²) in [5.41, 5.74) is 5.81. The molecule has 0 aliphatic heterocycles. The van der Waals surface area contributed by atoms with Gasteiger partial charge in [-0.3, -0.25) is 4.79 Å². The van der Waals surface area contributed by atoms with Gasteiger partial charge < -0.3 is 10.5 Å². The van der Waals surface area contributed by atoms with Gasteiger partial charge >= 0.3 is 5.97 Å². The molecule has 2 unspecified atom stereocenters. The maximum atomic E-state index is 11.5. The molecule has 0 spiro atoms. The number of hydrogen-bond donors (Lipinski definition) is 1. The molecule has 0 aromatic heterocycles. The highest BCUT2D eigenvalue weighted by Gasteiger charge is 2.23. The van der Waals surface area contributed by atoms with Crippen LogP contribution in [-0.4, -0.2) is 29.1 Å². The Morgan fingerprint density at radius 2 is 1.80 bits per heavy atom. The summed E-state index contributed by atoms with van der Waals surface area (Å²) in [6.07, 6.45) is -0.0894. The number of esters is 1. The number of thioether (sulfide) groups is 1. The van der Waals surface area contributed by atoms with E-state index in [4.69, 9.17) is 10.5 Å². The number of ether oxygens (including phenoxy) is 1. The molecular weight excluding hydrogens is 210 g/mol. The van der Waals surface area contributed by atoms with E-state index in [1.165, 1.54) is 0 Å². The summed E-state index contributed by atoms with van der Waals surface area (Å²) >= 11 is 1.82. The van der Waals surface area contributed by atoms with E-state index in [1.54, 1.807) is 0 Å². The number of nitrogens with two attached hydrogens (primary N) is 1. The Kier molecular flexibility index (Phi) is 7.02. The van der Waals surface area contributed by atoms with Crippen LogP contribution in [0.3, 0.4) is 0 Å². The van der Waals surface area contributed by atoms with E-state index < -0.39 is 6.04 Å². The van der Waals surface area contributed by atoms with Crippen LogP contribution in [0.4, 0.5) is 0 Å². The van der Waals surface area contributed by atoms with Crippen LogP contribution in [0.25, 0.3) is 0 Å². The number of carbonyl (C=O) groups is 1. The number of carbonyl (C=O) groups excluding carboxylic acids is 1. The standard InChI is InChI=1S/C11H23NO2S/c1-7(2)14-11(13)10(12)9(5)6-15-8(3)4/h7-10H,6,12H2,1-5H3. The Balaban J connectivity index is 3.96. The van der Waals surface area contributed by atoms with Crippen molar-refractivity contribution < 1.29 is 9.53 Å². The average Bonchev–Trinajstić information content (AvgIpc) is 2.11. The molecule has 0 fully saturated rings. The lowest BCUT2D eigenvalue weighted by molar-refractivity contribution is -0.150. The number of hydrogen-bond acceptors (Lipinski definition) is 4. The smallest absolute Gasteiger partial charge is 0.323 e. The van der Waals surface area contributed by atoms with E-state index in [0.717, 1.165) is 5.75 Å². The third-order valence-electron chi connectivity index (χ3n) is 1.93. The van der Waals surface area contributed by atoms with E-state index >= 15 is 0 Å². The summed E-state index contributed by atoms with van der Waals surface area (Å²) in [7, 11) is 0. The van der Waals surface area contributed by atoms with E-state index in [2.05, 4.69) is 13.8 Å². The molecule has 0 saturated heterocycles. The minimum atomic E-state index is -0.501. The monoisotopic (exact) mass is 233 g/mol. The average molecular weight is 233 g/mol. The Hall–Kier alpha value is -0.220. The van der Waals surface area contributed by atoms with Crippen LogP contribution in [-0.2, 0) is 9.53 Å². The van der Waals surface area contributed by atoms with Crippen molar-refractivity contribution in [3.05, 3.63) is 0 Å². The second-order valence-electron chi connectivity index (χ2n) is 4.37. The van der Waals surface area contributed by atoms with Crippen LogP contribution < -0.4 is 5.73 Å². The predicted octanol–water partition coefficient (Wildman–Crippen LogP) is 2.04. The highest BCUT2D eigenvalue weighted by atomic mass is 32.2. The zero-order valence-electron chi connectivity index (χ0n) is 10.3. The first kappa shape index (κ1) is 14.8. The molecule has 2 atom stereocenters. The summed E-state index contributed by atoms with van der Waals surface area (Å²) in [6, 6.07) is -0.501. The van der Waals surface area contributed by atoms with Crippen LogP contribution in [0.1, 0.15) is 34.6 Å². The molecule has 0 bridgehead atoms. The summed E-state index contributed by atoms with van der Waals surface area (Å²) in [5, 5.41) is 0.570. The molecular formula is C11H23NO2S. The molecule has 4 heteroatoms. The van der Waals surface area contributed by atoms with Gasteiger partial charge in [0.25, 0.3) is 0 Å². The molecule has 0 aromatic rings. The van der Waals surface area contributed by atoms with Gasteiger partial charge in [0.1, 0.15) is 6.04 Å². The molecule has 0 heterocycles. The Bertz CT molecular complexity index is 195. The van der Waals surface area contributed by atoms with Gasteiger partial charge in [0.05, 0.1) is 6.10 Å². The Labute approximate surface area is 97.1 Å². The summed E-state index contributed by atoms with van der Waals surface area (Å²) in [4.78, 5) is 11.5. The first-order valence-corrected chi connectivity index (χ1v) is 6.47. The van der Waals surface area contributed by atoms with Gasteiger partial charge in [0.2, 0.25) is 0 Å². The van der Waals surface area contributed by atoms with Crippen molar-refractivity contribution >= 4 is 17.7 Å². The second-order valence-corrected chi connectivity index (χ2v) is 5.98. The van der Waals surface area contributed by atoms with Crippen molar-refractivity contribution in [1.82, 2.24) is 0 Å². The fourth-order valence-electron chi connectivity index (χ4n) is 0.991. The van der Waals surface area contributed by atoms with Gasteiger partial charge in [-0.05, 0) is 30.8 Å². The molecule has 3 nitrogen and oxygen atoms in total. The van der Waals surface area contributed by atoms with Gasteiger partial charge in [-0.25, -0.2) is 0 Å². The molecule has 0 radical (unpaired) electrons. The maximum Gasteiger partial charge on any atom is 0.323 e. The maximum absolute atomic E-state index is 11.5. The molecule has 0 aliphatic rings. The van der Waals surface area contributed by atoms with Gasteiger partial charge in [-0.2, -0.15) is 11.8 Å². The van der Waals surface area contributed by atoms with Gasteiger partial charge in [0.15, 0.2) is 0 Å². The topological polar surface area (TPSA) is 52.3 Å². The van der Waals surface area contributed by atoms with Gasteiger partial charge in [-0.15, -0.1) is 0 Å². The highest BCUT2D eigenvalue weighted by Crippen LogP contribution is 2.16. The molecule has 0 aliphatic carbocycles. The van der Waals surface area contributed by atoms with Crippen molar-refractivity contribution in [2.45, 2.75) is 52.0 Å². The van der Waals surface area contributed by atoms with Crippen LogP contribution in [0.15, 0.2) is 0 Å². The van der Waals surface area contributed by atoms with Crippen molar-refractivity contribution in [2.75, 3.05) is 5.75 Å². The second kappa shape index (κ2) is 7.12. The van der Waals surface area contributed by atoms with Crippen molar-refractivity contribution in [2.24, 2.45) is 11.7 Å². The van der Waals surface area contributed by atoms with Crippen molar-refractivity contribution in [3.63, 3.8) is 0 Å². The predicted molar refractivity (Wildman–Crippen MR) is 66.0 cm³/mol. The largest absolute Gasteiger partial charge is 0.462 e. The lowest BCUT2D eigenvalue weighted by Gasteiger charge is -2.20. The van der Waals surface area contributed by atoms with Crippen LogP contribution in [0, 0.1) is 5.92 Å². The Morgan fingerprint density at radius 3 is 2.20 bits per heavy atom. The summed E-state index contributed by atoms with van der Waals surface area (Å²) in [5.74, 6) is 0.761. The fraction of sp³-hybridized carbons (Fsp3) is 0.909. The zero-order chi connectivity index (χ0) is 12.0. The first-order valence-electron chi connectivity index (χ1n) is 5.42. The first-order chi connectivity index (χ1) is 6.84. The summed E-state index contributed by atoms with van der Waals surface area (Å²) < 4.78 is 5.07. The van der Waals surface area contributed by atoms with Crippen molar-refractivity contribution in [3.8, 4) is 0 Å². The van der Waals surface area contributed by atoms with Gasteiger partial charge in [0, 0.05) is 0 Å². The lowest BCUT2D eigenvalue weighted by atomic mass is 10.1. The molecule has 0 saturated carbocycles. The molecule has 0 rings (SSSR count). The molecule has 15 heavy (non-hydrogen) atoms. The van der Waals surface area contributed by atoms with Crippen LogP contribution in [0.5, 0.6) is 0 Å². The molecule has 0 amide bonds. The van der Waals surface area contributed by atoms with E-state index in [0.29, 0.717) is 5.25 Å². The Morgan fingerprint density at radius 1 is 1.27 bits per heavy atom. The number of rotatable bonds is 6. The van der Waals surface area contributed by atoms with E-state index in [9.17, 15) is 4.79 Å². The molecule has 90 valence electrons. The third kappa shape index (κ3) is 6.79. The summed E-state index contributed by atoms with van der Waals surface area (Å²) in [6.45, 7) is 9.92. The van der Waals surface area contributed by atoms with Crippen LogP contribution >= 0.6 is 11.8 Å². The van der Waals surface area contributed by atoms with E-state index in [1.807, 2.05) is 32.5 Å². The third-order valence-corrected chi connectivity index (χ3v) is 3.31. The lowest BCUT2D eigenvalue weighted by Crippen LogP contribution is -2.40. The minimum absolute atomic E-state index is 0.0894. The van der Waals surface area contributed by atoms with Crippen molar-refractivity contribution in [1.29, 1.82) is 0 Å². The minimum Gasteiger partial charge on any atom is -0.462 e. The van der Waals surface area contributed by atoms with E-state index in [-0.39, 0.29) is 18.0 Å². The molecule has 0 aromatic carbocycles. The molecule has 2 N–H and O–H groups in total. The normalized spacial score (nSPS) is 15.5. The van der Waals surface area contributed by atoms with Gasteiger partial charge in [-0.1, -0.05) is 20.8 Å². The fourth-order valence-corrected chi connectivity index (χ4v) is 1.89. The van der Waals surface area contributed by atoms with Crippen LogP contribution in [0.2, 0.25) is 0 Å². The zero-order valence-corrected chi connectivity index (χ0v) is 11.1. The SMILES string of the molecule is CC(C)OC(=O)C(N)C(C)CSC(C)C. The highest BCUT2D eigenvalue weighted by molar-refractivity contribution is 7.99. The quantitative estimate of drug-likeness (QED) is 0.713.